The third-order valence-electron chi connectivity index (χ3n) is 3.88. The van der Waals surface area contributed by atoms with Crippen molar-refractivity contribution in [2.45, 2.75) is 25.9 Å². The summed E-state index contributed by atoms with van der Waals surface area (Å²) in [6.07, 6.45) is 0.260. The van der Waals surface area contributed by atoms with Gasteiger partial charge in [-0.2, -0.15) is 0 Å². The Labute approximate surface area is 147 Å². The number of carbonyl (C=O) groups excluding carboxylic acids is 2. The zero-order chi connectivity index (χ0) is 17.5. The van der Waals surface area contributed by atoms with Crippen LogP contribution in [0.1, 0.15) is 18.1 Å². The van der Waals surface area contributed by atoms with Gasteiger partial charge in [-0.3, -0.25) is 9.59 Å². The Morgan fingerprint density at radius 1 is 1.04 bits per heavy atom. The van der Waals surface area contributed by atoms with Crippen LogP contribution in [-0.2, 0) is 22.6 Å². The Kier molecular flexibility index (Phi) is 6.38. The molecule has 0 spiro atoms. The maximum absolute atomic E-state index is 12.8. The third-order valence-corrected chi connectivity index (χ3v) is 4.13. The lowest BCUT2D eigenvalue weighted by atomic mass is 10.1. The summed E-state index contributed by atoms with van der Waals surface area (Å²) >= 11 is 5.91. The van der Waals surface area contributed by atoms with Crippen molar-refractivity contribution in [3.63, 3.8) is 0 Å². The zero-order valence-corrected chi connectivity index (χ0v) is 14.6. The van der Waals surface area contributed by atoms with Gasteiger partial charge in [-0.1, -0.05) is 54.1 Å². The van der Waals surface area contributed by atoms with Gasteiger partial charge < -0.3 is 10.2 Å². The third kappa shape index (κ3) is 4.83. The van der Waals surface area contributed by atoms with Crippen LogP contribution in [0.3, 0.4) is 0 Å². The fraction of sp³-hybridized carbons (Fsp3) is 0.263. The SMILES string of the molecule is CNC(=O)[C@@H](C)N(Cc1ccc(Cl)cc1)C(=O)Cc1ccccc1. The van der Waals surface area contributed by atoms with Crippen LogP contribution in [0.15, 0.2) is 54.6 Å². The topological polar surface area (TPSA) is 49.4 Å². The Bertz CT molecular complexity index is 686. The second-order valence-electron chi connectivity index (χ2n) is 5.60. The fourth-order valence-electron chi connectivity index (χ4n) is 2.45. The molecule has 0 unspecified atom stereocenters. The van der Waals surface area contributed by atoms with E-state index in [1.807, 2.05) is 42.5 Å². The van der Waals surface area contributed by atoms with Crippen molar-refractivity contribution in [3.8, 4) is 0 Å². The van der Waals surface area contributed by atoms with E-state index in [1.165, 1.54) is 0 Å². The van der Waals surface area contributed by atoms with Crippen LogP contribution in [0.5, 0.6) is 0 Å². The average molecular weight is 345 g/mol. The first-order chi connectivity index (χ1) is 11.5. The van der Waals surface area contributed by atoms with E-state index in [1.54, 1.807) is 31.0 Å². The van der Waals surface area contributed by atoms with Crippen molar-refractivity contribution < 1.29 is 9.59 Å². The van der Waals surface area contributed by atoms with E-state index < -0.39 is 6.04 Å². The highest BCUT2D eigenvalue weighted by molar-refractivity contribution is 6.30. The number of hydrogen-bond donors (Lipinski definition) is 1. The van der Waals surface area contributed by atoms with Crippen molar-refractivity contribution in [1.82, 2.24) is 10.2 Å². The van der Waals surface area contributed by atoms with Crippen molar-refractivity contribution >= 4 is 23.4 Å². The highest BCUT2D eigenvalue weighted by atomic mass is 35.5. The molecule has 0 saturated carbocycles. The van der Waals surface area contributed by atoms with Gasteiger partial charge in [0.1, 0.15) is 6.04 Å². The van der Waals surface area contributed by atoms with E-state index >= 15 is 0 Å². The van der Waals surface area contributed by atoms with Gasteiger partial charge in [0.15, 0.2) is 0 Å². The molecule has 2 aromatic carbocycles. The summed E-state index contributed by atoms with van der Waals surface area (Å²) in [4.78, 5) is 26.4. The van der Waals surface area contributed by atoms with Gasteiger partial charge in [-0.15, -0.1) is 0 Å². The highest BCUT2D eigenvalue weighted by Crippen LogP contribution is 2.15. The second kappa shape index (κ2) is 8.50. The predicted molar refractivity (Wildman–Crippen MR) is 95.7 cm³/mol. The molecule has 5 heteroatoms. The molecule has 0 heterocycles. The maximum atomic E-state index is 12.8. The molecule has 0 aliphatic carbocycles. The molecule has 0 aromatic heterocycles. The summed E-state index contributed by atoms with van der Waals surface area (Å²) in [7, 11) is 1.57. The number of carbonyl (C=O) groups is 2. The van der Waals surface area contributed by atoms with Crippen LogP contribution in [0, 0.1) is 0 Å². The molecule has 24 heavy (non-hydrogen) atoms. The van der Waals surface area contributed by atoms with Crippen LogP contribution in [0.2, 0.25) is 5.02 Å². The zero-order valence-electron chi connectivity index (χ0n) is 13.8. The Morgan fingerprint density at radius 3 is 2.25 bits per heavy atom. The van der Waals surface area contributed by atoms with Crippen molar-refractivity contribution in [1.29, 1.82) is 0 Å². The van der Waals surface area contributed by atoms with Crippen LogP contribution in [0.4, 0.5) is 0 Å². The van der Waals surface area contributed by atoms with Crippen LogP contribution in [0.25, 0.3) is 0 Å². The molecule has 0 radical (unpaired) electrons. The monoisotopic (exact) mass is 344 g/mol. The number of benzene rings is 2. The largest absolute Gasteiger partial charge is 0.357 e. The van der Waals surface area contributed by atoms with Gasteiger partial charge >= 0.3 is 0 Å². The minimum Gasteiger partial charge on any atom is -0.357 e. The molecule has 2 amide bonds. The van der Waals surface area contributed by atoms with Crippen LogP contribution in [-0.4, -0.2) is 29.8 Å². The highest BCUT2D eigenvalue weighted by Gasteiger charge is 2.25. The number of hydrogen-bond acceptors (Lipinski definition) is 2. The van der Waals surface area contributed by atoms with Crippen LogP contribution < -0.4 is 5.32 Å². The number of halogens is 1. The first-order valence-corrected chi connectivity index (χ1v) is 8.18. The van der Waals surface area contributed by atoms with Gasteiger partial charge in [0, 0.05) is 18.6 Å². The number of likely N-dealkylation sites (N-methyl/N-ethyl adjacent to an activating group) is 1. The standard InChI is InChI=1S/C19H21ClN2O2/c1-14(19(24)21-2)22(13-16-8-10-17(20)11-9-16)18(23)12-15-6-4-3-5-7-15/h3-11,14H,12-13H2,1-2H3,(H,21,24)/t14-/m1/s1. The number of amides is 2. The lowest BCUT2D eigenvalue weighted by Gasteiger charge is -2.28. The molecule has 126 valence electrons. The molecule has 2 aromatic rings. The summed E-state index contributed by atoms with van der Waals surface area (Å²) in [6.45, 7) is 2.09. The van der Waals surface area contributed by atoms with Crippen LogP contribution >= 0.6 is 11.6 Å². The van der Waals surface area contributed by atoms with E-state index in [-0.39, 0.29) is 18.2 Å². The van der Waals surface area contributed by atoms with Gasteiger partial charge in [-0.05, 0) is 30.2 Å². The second-order valence-corrected chi connectivity index (χ2v) is 6.04. The summed E-state index contributed by atoms with van der Waals surface area (Å²) in [5.41, 5.74) is 1.85. The van der Waals surface area contributed by atoms with Gasteiger partial charge in [0.2, 0.25) is 11.8 Å². The lowest BCUT2D eigenvalue weighted by Crippen LogP contribution is -2.47. The number of rotatable bonds is 6. The fourth-order valence-corrected chi connectivity index (χ4v) is 2.58. The molecular formula is C19H21ClN2O2. The molecule has 0 fully saturated rings. The minimum absolute atomic E-state index is 0.0905. The molecular weight excluding hydrogens is 324 g/mol. The normalized spacial score (nSPS) is 11.6. The van der Waals surface area contributed by atoms with E-state index in [0.29, 0.717) is 11.6 Å². The molecule has 0 aliphatic rings. The van der Waals surface area contributed by atoms with E-state index in [4.69, 9.17) is 11.6 Å². The number of nitrogens with zero attached hydrogens (tertiary/aromatic N) is 1. The van der Waals surface area contributed by atoms with Gasteiger partial charge in [0.05, 0.1) is 6.42 Å². The molecule has 1 N–H and O–H groups in total. The summed E-state index contributed by atoms with van der Waals surface area (Å²) < 4.78 is 0. The molecule has 2 rings (SSSR count). The molecule has 0 bridgehead atoms. The smallest absolute Gasteiger partial charge is 0.242 e. The Hall–Kier alpha value is -2.33. The number of nitrogens with one attached hydrogen (secondary N) is 1. The summed E-state index contributed by atoms with van der Waals surface area (Å²) in [6, 6.07) is 16.2. The van der Waals surface area contributed by atoms with E-state index in [9.17, 15) is 9.59 Å². The quantitative estimate of drug-likeness (QED) is 0.875. The molecule has 4 nitrogen and oxygen atoms in total. The first kappa shape index (κ1) is 18.0. The van der Waals surface area contributed by atoms with Crippen molar-refractivity contribution in [2.75, 3.05) is 7.05 Å². The first-order valence-electron chi connectivity index (χ1n) is 7.80. The molecule has 1 atom stereocenters. The Morgan fingerprint density at radius 2 is 1.67 bits per heavy atom. The lowest BCUT2D eigenvalue weighted by molar-refractivity contribution is -0.139. The van der Waals surface area contributed by atoms with Crippen molar-refractivity contribution in [3.05, 3.63) is 70.7 Å². The maximum Gasteiger partial charge on any atom is 0.242 e. The summed E-state index contributed by atoms with van der Waals surface area (Å²) in [5, 5.41) is 3.24. The van der Waals surface area contributed by atoms with Gasteiger partial charge in [0.25, 0.3) is 0 Å². The molecule has 0 saturated heterocycles. The summed E-state index contributed by atoms with van der Waals surface area (Å²) in [5.74, 6) is -0.280. The predicted octanol–water partition coefficient (Wildman–Crippen LogP) is 3.05. The minimum atomic E-state index is -0.554. The van der Waals surface area contributed by atoms with Crippen molar-refractivity contribution in [2.24, 2.45) is 0 Å². The van der Waals surface area contributed by atoms with Gasteiger partial charge in [-0.25, -0.2) is 0 Å². The Balaban J connectivity index is 2.19. The molecule has 0 aliphatic heterocycles. The van der Waals surface area contributed by atoms with E-state index in [2.05, 4.69) is 5.32 Å². The van der Waals surface area contributed by atoms with E-state index in [0.717, 1.165) is 11.1 Å². The average Bonchev–Trinajstić information content (AvgIpc) is 2.60.